The minimum Gasteiger partial charge on any atom is -0.374 e. The second kappa shape index (κ2) is 5.92. The maximum Gasteiger partial charge on any atom is 0.233 e. The number of hydrogen-bond acceptors (Lipinski definition) is 6. The molecule has 0 radical (unpaired) electrons. The molecule has 84 valence electrons. The van der Waals surface area contributed by atoms with Crippen molar-refractivity contribution >= 4 is 34.1 Å². The number of carbonyl (C=O) groups excluding carboxylic acids is 1. The molecule has 0 saturated heterocycles. The van der Waals surface area contributed by atoms with Gasteiger partial charge in [0, 0.05) is 6.54 Å². The van der Waals surface area contributed by atoms with Crippen molar-refractivity contribution in [3.05, 3.63) is 0 Å². The van der Waals surface area contributed by atoms with E-state index in [-0.39, 0.29) is 11.2 Å². The Hall–Kier alpha value is -0.820. The molecule has 0 aromatic carbocycles. The summed E-state index contributed by atoms with van der Waals surface area (Å²) in [5.41, 5.74) is 5.44. The van der Waals surface area contributed by atoms with Crippen LogP contribution in [0.25, 0.3) is 0 Å². The van der Waals surface area contributed by atoms with Gasteiger partial charge in [-0.1, -0.05) is 30.0 Å². The zero-order valence-corrected chi connectivity index (χ0v) is 10.3. The molecule has 1 heterocycles. The molecule has 0 fully saturated rings. The lowest BCUT2D eigenvalue weighted by Gasteiger charge is -2.08. The van der Waals surface area contributed by atoms with Crippen LogP contribution in [0.1, 0.15) is 20.3 Å². The molecule has 3 N–H and O–H groups in total. The molecule has 1 aromatic rings. The topological polar surface area (TPSA) is 80.9 Å². The van der Waals surface area contributed by atoms with Gasteiger partial charge in [0.1, 0.15) is 0 Å². The fourth-order valence-corrected chi connectivity index (χ4v) is 2.67. The number of carbonyl (C=O) groups is 1. The highest BCUT2D eigenvalue weighted by molar-refractivity contribution is 8.02. The lowest BCUT2D eigenvalue weighted by molar-refractivity contribution is -0.120. The number of rotatable bonds is 5. The maximum atomic E-state index is 11.5. The van der Waals surface area contributed by atoms with Gasteiger partial charge in [0.2, 0.25) is 11.0 Å². The standard InChI is InChI=1S/C8H14N4OS2/c1-3-4-10-6(13)5(2)14-8-12-11-7(9)15-8/h5H,3-4H2,1-2H3,(H2,9,11)(H,10,13). The highest BCUT2D eigenvalue weighted by Gasteiger charge is 2.15. The van der Waals surface area contributed by atoms with Gasteiger partial charge < -0.3 is 11.1 Å². The van der Waals surface area contributed by atoms with Crippen LogP contribution in [0.15, 0.2) is 4.34 Å². The van der Waals surface area contributed by atoms with Crippen molar-refractivity contribution in [1.29, 1.82) is 0 Å². The van der Waals surface area contributed by atoms with Crippen LogP contribution in [0.3, 0.4) is 0 Å². The quantitative estimate of drug-likeness (QED) is 0.761. The van der Waals surface area contributed by atoms with Gasteiger partial charge in [0.15, 0.2) is 4.34 Å². The Kier molecular flexibility index (Phi) is 4.83. The number of nitrogens with one attached hydrogen (secondary N) is 1. The van der Waals surface area contributed by atoms with E-state index >= 15 is 0 Å². The first-order valence-corrected chi connectivity index (χ1v) is 6.36. The number of thioether (sulfide) groups is 1. The van der Waals surface area contributed by atoms with Crippen molar-refractivity contribution in [3.8, 4) is 0 Å². The third-order valence-electron chi connectivity index (χ3n) is 1.62. The Morgan fingerprint density at radius 2 is 2.40 bits per heavy atom. The number of nitrogens with zero attached hydrogens (tertiary/aromatic N) is 2. The number of nitrogens with two attached hydrogens (primary N) is 1. The monoisotopic (exact) mass is 246 g/mol. The highest BCUT2D eigenvalue weighted by Crippen LogP contribution is 2.27. The van der Waals surface area contributed by atoms with E-state index in [0.717, 1.165) is 10.8 Å². The Balaban J connectivity index is 2.41. The van der Waals surface area contributed by atoms with Crippen LogP contribution in [-0.2, 0) is 4.79 Å². The number of aromatic nitrogens is 2. The van der Waals surface area contributed by atoms with Gasteiger partial charge in [-0.2, -0.15) is 0 Å². The average molecular weight is 246 g/mol. The van der Waals surface area contributed by atoms with Gasteiger partial charge in [0.25, 0.3) is 0 Å². The van der Waals surface area contributed by atoms with Crippen molar-refractivity contribution in [2.24, 2.45) is 0 Å². The zero-order valence-electron chi connectivity index (χ0n) is 8.69. The number of amides is 1. The van der Waals surface area contributed by atoms with Crippen molar-refractivity contribution < 1.29 is 4.79 Å². The summed E-state index contributed by atoms with van der Waals surface area (Å²) < 4.78 is 0.728. The molecule has 15 heavy (non-hydrogen) atoms. The van der Waals surface area contributed by atoms with Crippen molar-refractivity contribution in [2.75, 3.05) is 12.3 Å². The molecule has 1 unspecified atom stereocenters. The van der Waals surface area contributed by atoms with E-state index in [1.165, 1.54) is 23.1 Å². The smallest absolute Gasteiger partial charge is 0.233 e. The number of nitrogen functional groups attached to an aromatic ring is 1. The second-order valence-corrected chi connectivity index (χ2v) is 5.55. The second-order valence-electron chi connectivity index (χ2n) is 2.96. The molecule has 1 aromatic heterocycles. The first-order chi connectivity index (χ1) is 7.13. The molecular weight excluding hydrogens is 232 g/mol. The summed E-state index contributed by atoms with van der Waals surface area (Å²) in [6, 6.07) is 0. The summed E-state index contributed by atoms with van der Waals surface area (Å²) in [6.45, 7) is 4.57. The Morgan fingerprint density at radius 3 is 2.93 bits per heavy atom. The lowest BCUT2D eigenvalue weighted by Crippen LogP contribution is -2.31. The fourth-order valence-electron chi connectivity index (χ4n) is 0.865. The van der Waals surface area contributed by atoms with E-state index in [0.29, 0.717) is 11.7 Å². The maximum absolute atomic E-state index is 11.5. The van der Waals surface area contributed by atoms with E-state index in [1.54, 1.807) is 0 Å². The number of anilines is 1. The summed E-state index contributed by atoms with van der Waals surface area (Å²) in [6.07, 6.45) is 0.939. The van der Waals surface area contributed by atoms with E-state index in [9.17, 15) is 4.79 Å². The van der Waals surface area contributed by atoms with Crippen molar-refractivity contribution in [3.63, 3.8) is 0 Å². The van der Waals surface area contributed by atoms with E-state index < -0.39 is 0 Å². The van der Waals surface area contributed by atoms with Gasteiger partial charge in [-0.3, -0.25) is 4.79 Å². The number of hydrogen-bond donors (Lipinski definition) is 2. The molecule has 1 amide bonds. The molecule has 0 saturated carbocycles. The Labute approximate surface area is 96.8 Å². The third-order valence-corrected chi connectivity index (χ3v) is 3.55. The van der Waals surface area contributed by atoms with Crippen LogP contribution in [0.2, 0.25) is 0 Å². The highest BCUT2D eigenvalue weighted by atomic mass is 32.2. The van der Waals surface area contributed by atoms with E-state index in [2.05, 4.69) is 15.5 Å². The lowest BCUT2D eigenvalue weighted by atomic mass is 10.4. The van der Waals surface area contributed by atoms with Crippen LogP contribution in [0.4, 0.5) is 5.13 Å². The Morgan fingerprint density at radius 1 is 1.67 bits per heavy atom. The van der Waals surface area contributed by atoms with Gasteiger partial charge in [0.05, 0.1) is 5.25 Å². The molecule has 0 aliphatic rings. The zero-order chi connectivity index (χ0) is 11.3. The van der Waals surface area contributed by atoms with Gasteiger partial charge in [-0.15, -0.1) is 10.2 Å². The molecule has 0 spiro atoms. The molecule has 0 aliphatic carbocycles. The predicted molar refractivity (Wildman–Crippen MR) is 62.9 cm³/mol. The van der Waals surface area contributed by atoms with Gasteiger partial charge in [-0.05, 0) is 13.3 Å². The minimum absolute atomic E-state index is 0.0237. The molecule has 0 bridgehead atoms. The summed E-state index contributed by atoms with van der Waals surface area (Å²) in [7, 11) is 0. The van der Waals surface area contributed by atoms with Crippen molar-refractivity contribution in [1.82, 2.24) is 15.5 Å². The molecule has 1 rings (SSSR count). The SMILES string of the molecule is CCCNC(=O)C(C)Sc1nnc(N)s1. The van der Waals surface area contributed by atoms with Crippen LogP contribution in [-0.4, -0.2) is 27.9 Å². The largest absolute Gasteiger partial charge is 0.374 e. The molecule has 7 heteroatoms. The Bertz CT molecular complexity index is 328. The molecule has 1 atom stereocenters. The molecular formula is C8H14N4OS2. The van der Waals surface area contributed by atoms with E-state index in [1.807, 2.05) is 13.8 Å². The van der Waals surface area contributed by atoms with Crippen LogP contribution in [0, 0.1) is 0 Å². The third kappa shape index (κ3) is 4.05. The van der Waals surface area contributed by atoms with Crippen molar-refractivity contribution in [2.45, 2.75) is 29.9 Å². The average Bonchev–Trinajstić information content (AvgIpc) is 2.60. The van der Waals surface area contributed by atoms with Crippen LogP contribution >= 0.6 is 23.1 Å². The first kappa shape index (κ1) is 12.3. The first-order valence-electron chi connectivity index (χ1n) is 4.66. The fraction of sp³-hybridized carbons (Fsp3) is 0.625. The normalized spacial score (nSPS) is 12.4. The molecule has 5 nitrogen and oxygen atoms in total. The summed E-state index contributed by atoms with van der Waals surface area (Å²) in [5, 5.41) is 10.6. The predicted octanol–water partition coefficient (Wildman–Crippen LogP) is 1.13. The summed E-state index contributed by atoms with van der Waals surface area (Å²) >= 11 is 2.67. The minimum atomic E-state index is -0.163. The van der Waals surface area contributed by atoms with Gasteiger partial charge >= 0.3 is 0 Å². The molecule has 0 aliphatic heterocycles. The summed E-state index contributed by atoms with van der Waals surface area (Å²) in [5.74, 6) is 0.0237. The van der Waals surface area contributed by atoms with Gasteiger partial charge in [-0.25, -0.2) is 0 Å². The van der Waals surface area contributed by atoms with Crippen LogP contribution in [0.5, 0.6) is 0 Å². The van der Waals surface area contributed by atoms with E-state index in [4.69, 9.17) is 5.73 Å². The van der Waals surface area contributed by atoms with Crippen LogP contribution < -0.4 is 11.1 Å². The summed E-state index contributed by atoms with van der Waals surface area (Å²) in [4.78, 5) is 11.5.